The van der Waals surface area contributed by atoms with Crippen LogP contribution in [0, 0.1) is 10.1 Å². The molecule has 0 fully saturated rings. The number of nitrogens with one attached hydrogen (secondary N) is 1. The molecule has 0 bridgehead atoms. The minimum atomic E-state index is -4.07. The number of carbonyl (C=O) groups is 2. The number of amides is 2. The van der Waals surface area contributed by atoms with E-state index in [-0.39, 0.29) is 23.7 Å². The summed E-state index contributed by atoms with van der Waals surface area (Å²) in [5.74, 6) is -1.03. The molecular formula is C22H28N4O7S. The van der Waals surface area contributed by atoms with E-state index in [4.69, 9.17) is 4.74 Å². The molecule has 0 saturated heterocycles. The highest BCUT2D eigenvalue weighted by Gasteiger charge is 2.31. The molecule has 0 aromatic heterocycles. The zero-order chi connectivity index (χ0) is 25.5. The molecule has 1 unspecified atom stereocenters. The minimum Gasteiger partial charge on any atom is -0.495 e. The van der Waals surface area contributed by atoms with Crippen molar-refractivity contribution in [1.29, 1.82) is 0 Å². The summed E-state index contributed by atoms with van der Waals surface area (Å²) in [4.78, 5) is 37.8. The van der Waals surface area contributed by atoms with Gasteiger partial charge < -0.3 is 15.0 Å². The Morgan fingerprint density at radius 1 is 1.18 bits per heavy atom. The van der Waals surface area contributed by atoms with Crippen molar-refractivity contribution in [3.05, 3.63) is 64.2 Å². The first-order chi connectivity index (χ1) is 16.0. The number of ether oxygens (including phenoxy) is 1. The number of hydrogen-bond donors (Lipinski definition) is 1. The van der Waals surface area contributed by atoms with Crippen molar-refractivity contribution in [2.45, 2.75) is 26.4 Å². The number of likely N-dealkylation sites (N-methyl/N-ethyl adjacent to an activating group) is 1. The van der Waals surface area contributed by atoms with E-state index in [1.165, 1.54) is 24.1 Å². The van der Waals surface area contributed by atoms with Crippen LogP contribution >= 0.6 is 0 Å². The van der Waals surface area contributed by atoms with Gasteiger partial charge in [0.1, 0.15) is 24.0 Å². The van der Waals surface area contributed by atoms with Gasteiger partial charge in [-0.3, -0.25) is 24.0 Å². The van der Waals surface area contributed by atoms with Crippen LogP contribution in [-0.2, 0) is 26.2 Å². The Bertz CT molecular complexity index is 1140. The number of carbonyl (C=O) groups excluding carboxylic acids is 2. The maximum absolute atomic E-state index is 13.4. The summed E-state index contributed by atoms with van der Waals surface area (Å²) in [5.41, 5.74) is 0.220. The van der Waals surface area contributed by atoms with E-state index < -0.39 is 39.3 Å². The fraction of sp³-hybridized carbons (Fsp3) is 0.364. The Hall–Kier alpha value is -3.67. The molecule has 2 aromatic carbocycles. The van der Waals surface area contributed by atoms with Gasteiger partial charge in [-0.2, -0.15) is 0 Å². The Balaban J connectivity index is 2.49. The van der Waals surface area contributed by atoms with Crippen LogP contribution in [0.3, 0.4) is 0 Å². The summed E-state index contributed by atoms with van der Waals surface area (Å²) < 4.78 is 31.2. The molecule has 0 saturated carbocycles. The average Bonchev–Trinajstić information content (AvgIpc) is 2.80. The standard InChI is InChI=1S/C22H28N4O7S/c1-5-23-22(28)16(2)24(14-17-9-7-6-8-10-17)21(27)15-25(34(4,31)32)19-13-18(26(29)30)11-12-20(19)33-3/h6-13,16H,5,14-15H2,1-4H3,(H,23,28). The van der Waals surface area contributed by atoms with Gasteiger partial charge in [0.15, 0.2) is 0 Å². The van der Waals surface area contributed by atoms with E-state index in [9.17, 15) is 28.1 Å². The van der Waals surface area contributed by atoms with Gasteiger partial charge in [0.25, 0.3) is 5.69 Å². The van der Waals surface area contributed by atoms with Gasteiger partial charge >= 0.3 is 0 Å². The Morgan fingerprint density at radius 3 is 2.35 bits per heavy atom. The summed E-state index contributed by atoms with van der Waals surface area (Å²) in [5, 5.41) is 13.9. The van der Waals surface area contributed by atoms with Crippen LogP contribution in [0.25, 0.3) is 0 Å². The van der Waals surface area contributed by atoms with E-state index in [2.05, 4.69) is 5.32 Å². The lowest BCUT2D eigenvalue weighted by Gasteiger charge is -2.31. The number of nitrogens with zero attached hydrogens (tertiary/aromatic N) is 3. The van der Waals surface area contributed by atoms with Crippen molar-refractivity contribution < 1.29 is 27.7 Å². The zero-order valence-electron chi connectivity index (χ0n) is 19.4. The molecule has 2 aromatic rings. The molecule has 34 heavy (non-hydrogen) atoms. The molecule has 0 aliphatic rings. The van der Waals surface area contributed by atoms with E-state index >= 15 is 0 Å². The number of rotatable bonds is 11. The van der Waals surface area contributed by atoms with Gasteiger partial charge in [-0.1, -0.05) is 30.3 Å². The Kier molecular flexibility index (Phi) is 8.96. The maximum Gasteiger partial charge on any atom is 0.271 e. The summed E-state index contributed by atoms with van der Waals surface area (Å²) >= 11 is 0. The molecule has 12 heteroatoms. The highest BCUT2D eigenvalue weighted by molar-refractivity contribution is 7.92. The second kappa shape index (κ2) is 11.5. The van der Waals surface area contributed by atoms with Crippen molar-refractivity contribution in [3.63, 3.8) is 0 Å². The van der Waals surface area contributed by atoms with Gasteiger partial charge in [0.2, 0.25) is 21.8 Å². The SMILES string of the molecule is CCNC(=O)C(C)N(Cc1ccccc1)C(=O)CN(c1cc([N+](=O)[O-])ccc1OC)S(C)(=O)=O. The van der Waals surface area contributed by atoms with Crippen molar-refractivity contribution >= 4 is 33.2 Å². The molecule has 1 atom stereocenters. The van der Waals surface area contributed by atoms with E-state index in [1.807, 2.05) is 6.07 Å². The third-order valence-electron chi connectivity index (χ3n) is 5.04. The molecule has 1 N–H and O–H groups in total. The summed E-state index contributed by atoms with van der Waals surface area (Å²) in [7, 11) is -2.78. The highest BCUT2D eigenvalue weighted by atomic mass is 32.2. The van der Waals surface area contributed by atoms with Crippen LogP contribution in [0.15, 0.2) is 48.5 Å². The third-order valence-corrected chi connectivity index (χ3v) is 6.16. The molecule has 2 amide bonds. The van der Waals surface area contributed by atoms with Gasteiger partial charge in [-0.15, -0.1) is 0 Å². The number of sulfonamides is 1. The smallest absolute Gasteiger partial charge is 0.271 e. The maximum atomic E-state index is 13.4. The lowest BCUT2D eigenvalue weighted by atomic mass is 10.1. The van der Waals surface area contributed by atoms with Gasteiger partial charge in [-0.25, -0.2) is 8.42 Å². The topological polar surface area (TPSA) is 139 Å². The monoisotopic (exact) mass is 492 g/mol. The minimum absolute atomic E-state index is 0.0372. The largest absolute Gasteiger partial charge is 0.495 e. The number of hydrogen-bond acceptors (Lipinski definition) is 7. The van der Waals surface area contributed by atoms with Crippen LogP contribution in [0.4, 0.5) is 11.4 Å². The number of nitro benzene ring substituents is 1. The summed E-state index contributed by atoms with van der Waals surface area (Å²) in [6.07, 6.45) is 0.882. The fourth-order valence-electron chi connectivity index (χ4n) is 3.27. The molecular weight excluding hydrogens is 464 g/mol. The molecule has 0 aliphatic carbocycles. The second-order valence-corrected chi connectivity index (χ2v) is 9.37. The van der Waals surface area contributed by atoms with Gasteiger partial charge in [-0.05, 0) is 25.5 Å². The van der Waals surface area contributed by atoms with Crippen molar-refractivity contribution in [2.24, 2.45) is 0 Å². The van der Waals surface area contributed by atoms with E-state index in [1.54, 1.807) is 38.1 Å². The number of methoxy groups -OCH3 is 1. The van der Waals surface area contributed by atoms with Crippen LogP contribution in [0.5, 0.6) is 5.75 Å². The quantitative estimate of drug-likeness (QED) is 0.373. The van der Waals surface area contributed by atoms with Crippen molar-refractivity contribution in [2.75, 3.05) is 30.8 Å². The Labute approximate surface area is 198 Å². The molecule has 2 rings (SSSR count). The molecule has 11 nitrogen and oxygen atoms in total. The third kappa shape index (κ3) is 6.67. The first-order valence-electron chi connectivity index (χ1n) is 10.4. The summed E-state index contributed by atoms with van der Waals surface area (Å²) in [6, 6.07) is 11.5. The van der Waals surface area contributed by atoms with Crippen LogP contribution in [-0.4, -0.2) is 62.6 Å². The zero-order valence-corrected chi connectivity index (χ0v) is 20.2. The molecule has 0 aliphatic heterocycles. The predicted octanol–water partition coefficient (Wildman–Crippen LogP) is 1.92. The molecule has 0 spiro atoms. The number of benzene rings is 2. The number of anilines is 1. The van der Waals surface area contributed by atoms with Gasteiger partial charge in [0.05, 0.1) is 18.3 Å². The first-order valence-corrected chi connectivity index (χ1v) is 12.3. The second-order valence-electron chi connectivity index (χ2n) is 7.46. The lowest BCUT2D eigenvalue weighted by molar-refractivity contribution is -0.384. The van der Waals surface area contributed by atoms with Crippen molar-refractivity contribution in [3.8, 4) is 5.75 Å². The predicted molar refractivity (Wildman–Crippen MR) is 127 cm³/mol. The summed E-state index contributed by atoms with van der Waals surface area (Å²) in [6.45, 7) is 3.02. The lowest BCUT2D eigenvalue weighted by Crippen LogP contribution is -2.51. The van der Waals surface area contributed by atoms with E-state index in [0.717, 1.165) is 22.2 Å². The Morgan fingerprint density at radius 2 is 1.82 bits per heavy atom. The highest BCUT2D eigenvalue weighted by Crippen LogP contribution is 2.33. The van der Waals surface area contributed by atoms with Crippen LogP contribution < -0.4 is 14.4 Å². The molecule has 0 radical (unpaired) electrons. The van der Waals surface area contributed by atoms with Gasteiger partial charge in [0, 0.05) is 25.2 Å². The number of non-ortho nitro benzene ring substituents is 1. The van der Waals surface area contributed by atoms with Crippen molar-refractivity contribution in [1.82, 2.24) is 10.2 Å². The van der Waals surface area contributed by atoms with E-state index in [0.29, 0.717) is 6.54 Å². The fourth-order valence-corrected chi connectivity index (χ4v) is 4.11. The van der Waals surface area contributed by atoms with Crippen LogP contribution in [0.1, 0.15) is 19.4 Å². The average molecular weight is 493 g/mol. The normalized spacial score (nSPS) is 11.9. The molecule has 0 heterocycles. The first kappa shape index (κ1) is 26.6. The number of nitro groups is 1. The van der Waals surface area contributed by atoms with Crippen LogP contribution in [0.2, 0.25) is 0 Å². The molecule has 184 valence electrons.